The van der Waals surface area contributed by atoms with Gasteiger partial charge in [0.15, 0.2) is 6.61 Å². The van der Waals surface area contributed by atoms with Gasteiger partial charge in [0.2, 0.25) is 11.8 Å². The molecule has 1 aliphatic heterocycles. The maximum atomic E-state index is 12.8. The van der Waals surface area contributed by atoms with Crippen LogP contribution in [0, 0.1) is 5.92 Å². The van der Waals surface area contributed by atoms with Crippen LogP contribution in [0.2, 0.25) is 0 Å². The summed E-state index contributed by atoms with van der Waals surface area (Å²) >= 11 is 0. The molecule has 1 aliphatic rings. The first kappa shape index (κ1) is 21.4. The average molecular weight is 409 g/mol. The van der Waals surface area contributed by atoms with Gasteiger partial charge in [0.1, 0.15) is 5.75 Å². The van der Waals surface area contributed by atoms with Crippen molar-refractivity contribution in [2.75, 3.05) is 11.5 Å². The van der Waals surface area contributed by atoms with Crippen LogP contribution in [0.3, 0.4) is 0 Å². The molecule has 0 spiro atoms. The second kappa shape index (κ2) is 7.48. The summed E-state index contributed by atoms with van der Waals surface area (Å²) in [6.07, 6.45) is 0. The number of nitrogens with two attached hydrogens (primary N) is 2. The fourth-order valence-corrected chi connectivity index (χ4v) is 5.00. The van der Waals surface area contributed by atoms with Crippen LogP contribution in [0.5, 0.6) is 5.75 Å². The van der Waals surface area contributed by atoms with Gasteiger partial charge in [0, 0.05) is 18.4 Å². The van der Waals surface area contributed by atoms with E-state index in [-0.39, 0.29) is 12.5 Å². The van der Waals surface area contributed by atoms with Gasteiger partial charge in [0.05, 0.1) is 17.1 Å². The van der Waals surface area contributed by atoms with Crippen molar-refractivity contribution in [3.63, 3.8) is 0 Å². The molecule has 3 amide bonds. The second-order valence-corrected chi connectivity index (χ2v) is 8.35. The van der Waals surface area contributed by atoms with Crippen molar-refractivity contribution in [2.45, 2.75) is 38.6 Å². The number of carbonyl (C=O) groups is 3. The third kappa shape index (κ3) is 3.30. The van der Waals surface area contributed by atoms with Crippen molar-refractivity contribution in [1.82, 2.24) is 0 Å². The minimum Gasteiger partial charge on any atom is -0.484 e. The summed E-state index contributed by atoms with van der Waals surface area (Å²) in [4.78, 5) is 38.2. The lowest BCUT2D eigenvalue weighted by molar-refractivity contribution is -0.127. The van der Waals surface area contributed by atoms with Crippen molar-refractivity contribution in [2.24, 2.45) is 17.4 Å². The van der Waals surface area contributed by atoms with E-state index in [4.69, 9.17) is 16.2 Å². The van der Waals surface area contributed by atoms with Crippen LogP contribution in [-0.2, 0) is 19.8 Å². The summed E-state index contributed by atoms with van der Waals surface area (Å²) in [7, 11) is 0. The molecule has 0 aromatic heterocycles. The highest BCUT2D eigenvalue weighted by atomic mass is 16.5. The van der Waals surface area contributed by atoms with Gasteiger partial charge in [-0.15, -0.1) is 0 Å². The quantitative estimate of drug-likeness (QED) is 0.787. The third-order valence-electron chi connectivity index (χ3n) is 5.98. The highest BCUT2D eigenvalue weighted by molar-refractivity contribution is 5.98. The maximum absolute atomic E-state index is 12.8. The lowest BCUT2D eigenvalue weighted by Gasteiger charge is -2.55. The molecule has 0 aliphatic carbocycles. The predicted octanol–water partition coefficient (Wildman–Crippen LogP) is 2.10. The molecular weight excluding hydrogens is 382 g/mol. The number of ether oxygens (including phenoxy) is 1. The van der Waals surface area contributed by atoms with Gasteiger partial charge in [-0.2, -0.15) is 0 Å². The van der Waals surface area contributed by atoms with Crippen molar-refractivity contribution >= 4 is 23.4 Å². The minimum atomic E-state index is -0.919. The zero-order valence-electron chi connectivity index (χ0n) is 17.6. The summed E-state index contributed by atoms with van der Waals surface area (Å²) < 4.78 is 5.47. The number of primary amides is 2. The fourth-order valence-electron chi connectivity index (χ4n) is 5.00. The second-order valence-electron chi connectivity index (χ2n) is 8.35. The molecule has 0 saturated carbocycles. The number of nitrogens with zero attached hydrogens (tertiary/aromatic N) is 1. The predicted molar refractivity (Wildman–Crippen MR) is 114 cm³/mol. The molecule has 7 heteroatoms. The van der Waals surface area contributed by atoms with Gasteiger partial charge < -0.3 is 21.1 Å². The molecule has 2 unspecified atom stereocenters. The monoisotopic (exact) mass is 409 g/mol. The summed E-state index contributed by atoms with van der Waals surface area (Å²) in [5, 5.41) is 0. The van der Waals surface area contributed by atoms with Crippen molar-refractivity contribution < 1.29 is 19.1 Å². The zero-order valence-corrected chi connectivity index (χ0v) is 17.6. The highest BCUT2D eigenvalue weighted by Crippen LogP contribution is 2.54. The number of hydrogen-bond acceptors (Lipinski definition) is 4. The molecule has 4 N–H and O–H groups in total. The molecule has 1 heterocycles. The Morgan fingerprint density at radius 1 is 1.03 bits per heavy atom. The van der Waals surface area contributed by atoms with Gasteiger partial charge in [-0.3, -0.25) is 14.4 Å². The van der Waals surface area contributed by atoms with Crippen LogP contribution in [0.15, 0.2) is 48.5 Å². The Hall–Kier alpha value is -3.35. The van der Waals surface area contributed by atoms with Crippen molar-refractivity contribution in [3.8, 4) is 5.75 Å². The van der Waals surface area contributed by atoms with E-state index in [9.17, 15) is 14.4 Å². The molecule has 158 valence electrons. The van der Waals surface area contributed by atoms with E-state index >= 15 is 0 Å². The Bertz CT molecular complexity index is 1000. The molecule has 0 saturated heterocycles. The summed E-state index contributed by atoms with van der Waals surface area (Å²) in [6, 6.07) is 14.9. The van der Waals surface area contributed by atoms with E-state index < -0.39 is 28.7 Å². The van der Waals surface area contributed by atoms with Gasteiger partial charge in [-0.25, -0.2) is 0 Å². The Balaban J connectivity index is 2.33. The van der Waals surface area contributed by atoms with Crippen LogP contribution in [0.1, 0.15) is 38.8 Å². The molecule has 0 bridgehead atoms. The minimum absolute atomic E-state index is 0.227. The third-order valence-corrected chi connectivity index (χ3v) is 5.98. The largest absolute Gasteiger partial charge is 0.484 e. The lowest BCUT2D eigenvalue weighted by Crippen LogP contribution is -2.65. The van der Waals surface area contributed by atoms with Gasteiger partial charge in [-0.1, -0.05) is 43.3 Å². The van der Waals surface area contributed by atoms with Crippen LogP contribution in [0.4, 0.5) is 5.69 Å². The van der Waals surface area contributed by atoms with Gasteiger partial charge in [-0.05, 0) is 31.0 Å². The topological polar surface area (TPSA) is 116 Å². The zero-order chi connectivity index (χ0) is 22.3. The molecule has 0 radical (unpaired) electrons. The number of hydrogen-bond donors (Lipinski definition) is 2. The van der Waals surface area contributed by atoms with E-state index in [1.165, 1.54) is 6.92 Å². The van der Waals surface area contributed by atoms with Crippen LogP contribution < -0.4 is 21.1 Å². The molecule has 2 atom stereocenters. The summed E-state index contributed by atoms with van der Waals surface area (Å²) in [5.41, 5.74) is 11.7. The lowest BCUT2D eigenvalue weighted by atomic mass is 9.57. The highest BCUT2D eigenvalue weighted by Gasteiger charge is 2.57. The smallest absolute Gasteiger partial charge is 0.255 e. The molecule has 0 fully saturated rings. The number of benzene rings is 2. The normalized spacial score (nSPS) is 22.1. The first-order valence-electron chi connectivity index (χ1n) is 9.72. The first-order valence-corrected chi connectivity index (χ1v) is 9.72. The van der Waals surface area contributed by atoms with Crippen LogP contribution in [0.25, 0.3) is 0 Å². The number of rotatable bonds is 5. The van der Waals surface area contributed by atoms with E-state index in [1.54, 1.807) is 17.0 Å². The Kier molecular flexibility index (Phi) is 5.33. The molecule has 7 nitrogen and oxygen atoms in total. The van der Waals surface area contributed by atoms with E-state index in [2.05, 4.69) is 0 Å². The van der Waals surface area contributed by atoms with Crippen molar-refractivity contribution in [1.29, 1.82) is 0 Å². The van der Waals surface area contributed by atoms with E-state index in [0.29, 0.717) is 11.4 Å². The first-order chi connectivity index (χ1) is 14.0. The number of anilines is 1. The molecule has 3 rings (SSSR count). The number of fused-ring (bicyclic) bond motifs is 1. The van der Waals surface area contributed by atoms with Crippen molar-refractivity contribution in [3.05, 3.63) is 59.7 Å². The summed E-state index contributed by atoms with van der Waals surface area (Å²) in [6.45, 7) is 6.82. The van der Waals surface area contributed by atoms with Crippen LogP contribution in [-0.4, -0.2) is 29.9 Å². The number of amides is 3. The van der Waals surface area contributed by atoms with Gasteiger partial charge in [0.25, 0.3) is 5.91 Å². The molecular formula is C23H27N3O4. The van der Waals surface area contributed by atoms with Crippen LogP contribution >= 0.6 is 0 Å². The molecule has 2 aromatic rings. The Labute approximate surface area is 176 Å². The Morgan fingerprint density at radius 2 is 1.67 bits per heavy atom. The average Bonchev–Trinajstić information content (AvgIpc) is 2.65. The van der Waals surface area contributed by atoms with E-state index in [0.717, 1.165) is 11.1 Å². The molecule has 30 heavy (non-hydrogen) atoms. The summed E-state index contributed by atoms with van der Waals surface area (Å²) in [5.74, 6) is -1.60. The SMILES string of the molecule is CC(=O)N1c2cc(OCC(N)=O)ccc2C(C)(c2ccccc2)C(C(N)=O)C1(C)C. The van der Waals surface area contributed by atoms with Gasteiger partial charge >= 0.3 is 0 Å². The Morgan fingerprint density at radius 3 is 2.20 bits per heavy atom. The molecule has 2 aromatic carbocycles. The fraction of sp³-hybridized carbons (Fsp3) is 0.348. The standard InChI is InChI=1S/C23H27N3O4/c1-14(27)26-18-12-16(30-13-19(24)28)10-11-17(18)23(4,15-8-6-5-7-9-15)20(21(25)29)22(26,2)3/h5-12,20H,13H2,1-4H3,(H2,24,28)(H2,25,29). The van der Waals surface area contributed by atoms with E-state index in [1.807, 2.05) is 57.2 Å². The maximum Gasteiger partial charge on any atom is 0.255 e. The number of carbonyl (C=O) groups excluding carboxylic acids is 3.